The number of thiophene rings is 2. The van der Waals surface area contributed by atoms with E-state index in [1.54, 1.807) is 0 Å². The quantitative estimate of drug-likeness (QED) is 0.844. The molecule has 14 heavy (non-hydrogen) atoms. The van der Waals surface area contributed by atoms with Gasteiger partial charge in [-0.05, 0) is 0 Å². The zero-order chi connectivity index (χ0) is 10.5. The van der Waals surface area contributed by atoms with Crippen molar-refractivity contribution in [3.8, 4) is 0 Å². The fourth-order valence-electron chi connectivity index (χ4n) is 0.993. The van der Waals surface area contributed by atoms with Gasteiger partial charge in [-0.3, -0.25) is 0 Å². The third-order valence-electron chi connectivity index (χ3n) is 1.57. The molecule has 2 aromatic rings. The second kappa shape index (κ2) is 3.15. The van der Waals surface area contributed by atoms with Crippen LogP contribution in [0.5, 0.6) is 0 Å². The first-order chi connectivity index (χ1) is 6.52. The molecule has 2 nitrogen and oxygen atoms in total. The van der Waals surface area contributed by atoms with Crippen molar-refractivity contribution in [2.45, 2.75) is 0 Å². The number of hydrogen-bond donors (Lipinski definition) is 1. The first-order valence-corrected chi connectivity index (χ1v) is 5.32. The van der Waals surface area contributed by atoms with Gasteiger partial charge in [0.1, 0.15) is 4.34 Å². The summed E-state index contributed by atoms with van der Waals surface area (Å²) in [6.45, 7) is 0. The van der Waals surface area contributed by atoms with Crippen molar-refractivity contribution in [1.82, 2.24) is 0 Å². The summed E-state index contributed by atoms with van der Waals surface area (Å²) < 4.78 is 26.2. The topological polar surface area (TPSA) is 37.3 Å². The van der Waals surface area contributed by atoms with Gasteiger partial charge in [0.25, 0.3) is 0 Å². The lowest BCUT2D eigenvalue weighted by atomic mass is 10.4. The molecule has 0 unspecified atom stereocenters. The average molecular weight is 255 g/mol. The second-order valence-electron chi connectivity index (χ2n) is 2.40. The Hall–Kier alpha value is -0.720. The van der Waals surface area contributed by atoms with E-state index in [1.807, 2.05) is 0 Å². The van der Waals surface area contributed by atoms with Crippen LogP contribution in [0.1, 0.15) is 9.67 Å². The third-order valence-corrected chi connectivity index (χ3v) is 4.18. The van der Waals surface area contributed by atoms with Crippen LogP contribution in [0.3, 0.4) is 0 Å². The van der Waals surface area contributed by atoms with Gasteiger partial charge in [0.2, 0.25) is 0 Å². The molecule has 7 heteroatoms. The summed E-state index contributed by atoms with van der Waals surface area (Å²) in [4.78, 5) is 10.0. The van der Waals surface area contributed by atoms with Gasteiger partial charge in [0.05, 0.1) is 9.40 Å². The number of carboxylic acids is 1. The summed E-state index contributed by atoms with van der Waals surface area (Å²) >= 11 is 6.70. The zero-order valence-corrected chi connectivity index (χ0v) is 8.69. The Morgan fingerprint density at radius 1 is 1.21 bits per heavy atom. The minimum Gasteiger partial charge on any atom is -0.477 e. The fourth-order valence-corrected chi connectivity index (χ4v) is 3.36. The van der Waals surface area contributed by atoms with E-state index in [9.17, 15) is 13.6 Å². The Bertz CT molecular complexity index is 531. The Morgan fingerprint density at radius 2 is 1.79 bits per heavy atom. The maximum absolute atomic E-state index is 13.3. The molecule has 2 aromatic heterocycles. The predicted molar refractivity (Wildman–Crippen MR) is 51.6 cm³/mol. The fraction of sp³-hybridized carbons (Fsp3) is 0. The zero-order valence-electron chi connectivity index (χ0n) is 6.31. The summed E-state index contributed by atoms with van der Waals surface area (Å²) in [7, 11) is 0. The lowest BCUT2D eigenvalue weighted by Gasteiger charge is -1.85. The molecule has 74 valence electrons. The molecular weight excluding hydrogens is 254 g/mol. The van der Waals surface area contributed by atoms with E-state index in [-0.39, 0.29) is 13.7 Å². The maximum atomic E-state index is 13.3. The largest absolute Gasteiger partial charge is 0.477 e. The van der Waals surface area contributed by atoms with E-state index in [0.29, 0.717) is 22.7 Å². The van der Waals surface area contributed by atoms with Crippen LogP contribution in [0, 0.1) is 11.6 Å². The van der Waals surface area contributed by atoms with Gasteiger partial charge in [0, 0.05) is 0 Å². The van der Waals surface area contributed by atoms with Gasteiger partial charge < -0.3 is 5.11 Å². The highest BCUT2D eigenvalue weighted by atomic mass is 35.5. The Kier molecular flexibility index (Phi) is 2.21. The summed E-state index contributed by atoms with van der Waals surface area (Å²) in [5.41, 5.74) is 0. The van der Waals surface area contributed by atoms with Crippen molar-refractivity contribution in [3.63, 3.8) is 0 Å². The monoisotopic (exact) mass is 254 g/mol. The molecule has 0 atom stereocenters. The van der Waals surface area contributed by atoms with Crippen molar-refractivity contribution in [3.05, 3.63) is 20.8 Å². The highest BCUT2D eigenvalue weighted by Crippen LogP contribution is 2.41. The SMILES string of the molecule is O=C(O)c1sc2c(F)c(Cl)sc2c1F. The first-order valence-electron chi connectivity index (χ1n) is 3.31. The summed E-state index contributed by atoms with van der Waals surface area (Å²) in [6, 6.07) is 0. The van der Waals surface area contributed by atoms with Crippen molar-refractivity contribution < 1.29 is 18.7 Å². The normalized spacial score (nSPS) is 11.1. The van der Waals surface area contributed by atoms with E-state index < -0.39 is 22.5 Å². The van der Waals surface area contributed by atoms with Crippen LogP contribution in [-0.2, 0) is 0 Å². The van der Waals surface area contributed by atoms with E-state index in [4.69, 9.17) is 16.7 Å². The molecule has 0 radical (unpaired) electrons. The molecule has 2 rings (SSSR count). The van der Waals surface area contributed by atoms with Crippen LogP contribution in [-0.4, -0.2) is 11.1 Å². The van der Waals surface area contributed by atoms with E-state index >= 15 is 0 Å². The van der Waals surface area contributed by atoms with Crippen LogP contribution in [0.25, 0.3) is 9.40 Å². The molecule has 0 bridgehead atoms. The van der Waals surface area contributed by atoms with E-state index in [2.05, 4.69) is 0 Å². The van der Waals surface area contributed by atoms with Crippen LogP contribution in [0.15, 0.2) is 0 Å². The van der Waals surface area contributed by atoms with E-state index in [0.717, 1.165) is 0 Å². The highest BCUT2D eigenvalue weighted by molar-refractivity contribution is 7.30. The molecule has 0 spiro atoms. The van der Waals surface area contributed by atoms with Crippen molar-refractivity contribution in [2.24, 2.45) is 0 Å². The number of aromatic carboxylic acids is 1. The molecular formula is C7HClF2O2S2. The first kappa shape index (κ1) is 9.82. The number of hydrogen-bond acceptors (Lipinski definition) is 3. The molecule has 0 aliphatic heterocycles. The van der Waals surface area contributed by atoms with Crippen LogP contribution in [0.4, 0.5) is 8.78 Å². The lowest BCUT2D eigenvalue weighted by Crippen LogP contribution is -1.94. The number of carboxylic acid groups (broad SMARTS) is 1. The molecule has 0 aliphatic rings. The number of fused-ring (bicyclic) bond motifs is 1. The second-order valence-corrected chi connectivity index (χ2v) is 5.04. The lowest BCUT2D eigenvalue weighted by molar-refractivity contribution is 0.0698. The van der Waals surface area contributed by atoms with Gasteiger partial charge in [0.15, 0.2) is 16.5 Å². The minimum atomic E-state index is -1.40. The van der Waals surface area contributed by atoms with Gasteiger partial charge in [-0.1, -0.05) is 11.6 Å². The standard InChI is InChI=1S/C7HClF2O2S2/c8-6-2(10)4-3(14-6)1(9)5(13-4)7(11)12/h(H,11,12). The van der Waals surface area contributed by atoms with E-state index in [1.165, 1.54) is 0 Å². The summed E-state index contributed by atoms with van der Waals surface area (Å²) in [5.74, 6) is -3.05. The van der Waals surface area contributed by atoms with Gasteiger partial charge in [-0.15, -0.1) is 22.7 Å². The number of carbonyl (C=O) groups is 1. The predicted octanol–water partition coefficient (Wildman–Crippen LogP) is 3.59. The smallest absolute Gasteiger partial charge is 0.348 e. The van der Waals surface area contributed by atoms with Crippen molar-refractivity contribution in [2.75, 3.05) is 0 Å². The minimum absolute atomic E-state index is 0.0325. The summed E-state index contributed by atoms with van der Waals surface area (Å²) in [6.07, 6.45) is 0. The van der Waals surface area contributed by atoms with Crippen molar-refractivity contribution >= 4 is 49.6 Å². The molecule has 1 N–H and O–H groups in total. The molecule has 0 amide bonds. The molecule has 0 aromatic carbocycles. The summed E-state index contributed by atoms with van der Waals surface area (Å²) in [5, 5.41) is 8.56. The third kappa shape index (κ3) is 1.22. The van der Waals surface area contributed by atoms with Crippen molar-refractivity contribution in [1.29, 1.82) is 0 Å². The highest BCUT2D eigenvalue weighted by Gasteiger charge is 2.23. The Balaban J connectivity index is 2.83. The van der Waals surface area contributed by atoms with Gasteiger partial charge in [-0.25, -0.2) is 13.6 Å². The Labute approximate surface area is 89.3 Å². The molecule has 0 fully saturated rings. The van der Waals surface area contributed by atoms with Crippen LogP contribution < -0.4 is 0 Å². The molecule has 0 saturated carbocycles. The Morgan fingerprint density at radius 3 is 2.29 bits per heavy atom. The van der Waals surface area contributed by atoms with Crippen LogP contribution in [0.2, 0.25) is 4.34 Å². The van der Waals surface area contributed by atoms with Gasteiger partial charge >= 0.3 is 5.97 Å². The molecule has 0 aliphatic carbocycles. The number of rotatable bonds is 1. The maximum Gasteiger partial charge on any atom is 0.348 e. The van der Waals surface area contributed by atoms with Crippen LogP contribution >= 0.6 is 34.3 Å². The van der Waals surface area contributed by atoms with Gasteiger partial charge in [-0.2, -0.15) is 0 Å². The molecule has 0 saturated heterocycles. The number of halogens is 3. The molecule has 2 heterocycles. The average Bonchev–Trinajstić information content (AvgIpc) is 2.56.